The van der Waals surface area contributed by atoms with E-state index in [4.69, 9.17) is 4.74 Å². The molecule has 6 nitrogen and oxygen atoms in total. The molecule has 1 aromatic rings. The Bertz CT molecular complexity index is 648. The van der Waals surface area contributed by atoms with Gasteiger partial charge in [0.15, 0.2) is 0 Å². The van der Waals surface area contributed by atoms with Crippen LogP contribution in [0.25, 0.3) is 0 Å². The number of nitrogens with one attached hydrogen (secondary N) is 2. The van der Waals surface area contributed by atoms with E-state index in [0.717, 1.165) is 62.5 Å². The first kappa shape index (κ1) is 19.8. The van der Waals surface area contributed by atoms with E-state index in [1.165, 1.54) is 0 Å². The fourth-order valence-electron chi connectivity index (χ4n) is 3.69. The van der Waals surface area contributed by atoms with E-state index in [-0.39, 0.29) is 23.7 Å². The number of ether oxygens (including phenoxy) is 1. The number of para-hydroxylation sites is 1. The van der Waals surface area contributed by atoms with Crippen molar-refractivity contribution in [2.75, 3.05) is 44.7 Å². The Balaban J connectivity index is 1.47. The molecule has 0 radical (unpaired) electrons. The topological polar surface area (TPSA) is 70.7 Å². The second-order valence-electron chi connectivity index (χ2n) is 7.34. The molecule has 27 heavy (non-hydrogen) atoms. The van der Waals surface area contributed by atoms with Crippen molar-refractivity contribution in [2.45, 2.75) is 33.1 Å². The van der Waals surface area contributed by atoms with Crippen LogP contribution in [0, 0.1) is 11.8 Å². The molecule has 0 aromatic heterocycles. The van der Waals surface area contributed by atoms with Crippen molar-refractivity contribution < 1.29 is 14.3 Å². The molecule has 0 spiro atoms. The number of carbonyl (C=O) groups is 2. The van der Waals surface area contributed by atoms with Gasteiger partial charge in [-0.25, -0.2) is 0 Å². The number of aryl methyl sites for hydroxylation is 2. The first-order chi connectivity index (χ1) is 13.1. The third-order valence-electron chi connectivity index (χ3n) is 5.54. The number of hydrogen-bond acceptors (Lipinski definition) is 4. The normalized spacial score (nSPS) is 22.3. The molecule has 2 aliphatic rings. The van der Waals surface area contributed by atoms with Crippen LogP contribution < -0.4 is 10.6 Å². The zero-order valence-corrected chi connectivity index (χ0v) is 16.4. The van der Waals surface area contributed by atoms with Gasteiger partial charge in [-0.1, -0.05) is 32.0 Å². The minimum absolute atomic E-state index is 0.00269. The summed E-state index contributed by atoms with van der Waals surface area (Å²) in [6.07, 6.45) is 2.39. The van der Waals surface area contributed by atoms with Gasteiger partial charge in [-0.3, -0.25) is 14.5 Å². The van der Waals surface area contributed by atoms with Crippen LogP contribution in [0.15, 0.2) is 18.2 Å². The number of morpholine rings is 1. The number of rotatable bonds is 8. The summed E-state index contributed by atoms with van der Waals surface area (Å²) >= 11 is 0. The summed E-state index contributed by atoms with van der Waals surface area (Å²) in [5, 5.41) is 6.08. The van der Waals surface area contributed by atoms with Crippen molar-refractivity contribution in [3.8, 4) is 0 Å². The van der Waals surface area contributed by atoms with Crippen molar-refractivity contribution in [2.24, 2.45) is 11.8 Å². The second kappa shape index (κ2) is 9.33. The Morgan fingerprint density at radius 2 is 1.70 bits per heavy atom. The standard InChI is InChI=1S/C21H31N3O3/c1-3-15-6-5-7-16(4-2)19(15)23-21(26)18-14-17(18)20(25)22-8-9-24-10-12-27-13-11-24/h5-7,17-18H,3-4,8-14H2,1-2H3,(H,22,25)(H,23,26). The van der Waals surface area contributed by atoms with Gasteiger partial charge in [0, 0.05) is 31.9 Å². The van der Waals surface area contributed by atoms with Gasteiger partial charge in [0.1, 0.15) is 0 Å². The maximum absolute atomic E-state index is 12.6. The Hall–Kier alpha value is -1.92. The Morgan fingerprint density at radius 3 is 2.33 bits per heavy atom. The lowest BCUT2D eigenvalue weighted by atomic mass is 10.0. The molecule has 148 valence electrons. The fraction of sp³-hybridized carbons (Fsp3) is 0.619. The number of hydrogen-bond donors (Lipinski definition) is 2. The molecule has 6 heteroatoms. The van der Waals surface area contributed by atoms with Gasteiger partial charge in [0.25, 0.3) is 0 Å². The predicted octanol–water partition coefficient (Wildman–Crippen LogP) is 1.83. The minimum atomic E-state index is -0.206. The molecule has 2 atom stereocenters. The van der Waals surface area contributed by atoms with E-state index < -0.39 is 0 Å². The van der Waals surface area contributed by atoms with Crippen LogP contribution in [0.5, 0.6) is 0 Å². The van der Waals surface area contributed by atoms with Crippen LogP contribution in [0.4, 0.5) is 5.69 Å². The van der Waals surface area contributed by atoms with Crippen molar-refractivity contribution >= 4 is 17.5 Å². The highest BCUT2D eigenvalue weighted by atomic mass is 16.5. The zero-order chi connectivity index (χ0) is 19.2. The number of amides is 2. The van der Waals surface area contributed by atoms with Crippen LogP contribution in [0.1, 0.15) is 31.4 Å². The number of carbonyl (C=O) groups excluding carboxylic acids is 2. The molecule has 1 heterocycles. The molecule has 0 bridgehead atoms. The van der Waals surface area contributed by atoms with Crippen molar-refractivity contribution in [3.63, 3.8) is 0 Å². The molecular formula is C21H31N3O3. The third-order valence-corrected chi connectivity index (χ3v) is 5.54. The summed E-state index contributed by atoms with van der Waals surface area (Å²) in [4.78, 5) is 27.2. The number of anilines is 1. The molecule has 3 rings (SSSR count). The molecule has 1 aliphatic carbocycles. The average molecular weight is 373 g/mol. The molecular weight excluding hydrogens is 342 g/mol. The van der Waals surface area contributed by atoms with E-state index in [2.05, 4.69) is 41.5 Å². The van der Waals surface area contributed by atoms with Gasteiger partial charge in [-0.15, -0.1) is 0 Å². The number of benzene rings is 1. The quantitative estimate of drug-likeness (QED) is 0.729. The van der Waals surface area contributed by atoms with E-state index in [1.54, 1.807) is 0 Å². The molecule has 1 saturated heterocycles. The van der Waals surface area contributed by atoms with Gasteiger partial charge in [-0.05, 0) is 30.4 Å². The van der Waals surface area contributed by atoms with Crippen LogP contribution in [0.2, 0.25) is 0 Å². The highest BCUT2D eigenvalue weighted by molar-refractivity contribution is 6.00. The van der Waals surface area contributed by atoms with Gasteiger partial charge in [-0.2, -0.15) is 0 Å². The van der Waals surface area contributed by atoms with Crippen molar-refractivity contribution in [1.82, 2.24) is 10.2 Å². The maximum atomic E-state index is 12.6. The predicted molar refractivity (Wildman–Crippen MR) is 106 cm³/mol. The average Bonchev–Trinajstić information content (AvgIpc) is 3.50. The summed E-state index contributed by atoms with van der Waals surface area (Å²) in [6.45, 7) is 9.00. The Labute approximate surface area is 161 Å². The Morgan fingerprint density at radius 1 is 1.07 bits per heavy atom. The third kappa shape index (κ3) is 5.08. The van der Waals surface area contributed by atoms with Gasteiger partial charge < -0.3 is 15.4 Å². The monoisotopic (exact) mass is 373 g/mol. The molecule has 1 aromatic carbocycles. The lowest BCUT2D eigenvalue weighted by Crippen LogP contribution is -2.41. The first-order valence-corrected chi connectivity index (χ1v) is 10.1. The summed E-state index contributed by atoms with van der Waals surface area (Å²) in [6, 6.07) is 6.14. The molecule has 2 fully saturated rings. The van der Waals surface area contributed by atoms with Crippen molar-refractivity contribution in [3.05, 3.63) is 29.3 Å². The SMILES string of the molecule is CCc1cccc(CC)c1NC(=O)C1CC1C(=O)NCCN1CCOCC1. The van der Waals surface area contributed by atoms with E-state index in [9.17, 15) is 9.59 Å². The maximum Gasteiger partial charge on any atom is 0.228 e. The summed E-state index contributed by atoms with van der Waals surface area (Å²) in [5.74, 6) is -0.418. The van der Waals surface area contributed by atoms with Crippen molar-refractivity contribution in [1.29, 1.82) is 0 Å². The second-order valence-corrected chi connectivity index (χ2v) is 7.34. The highest BCUT2D eigenvalue weighted by Crippen LogP contribution is 2.40. The molecule has 1 aliphatic heterocycles. The minimum Gasteiger partial charge on any atom is -0.379 e. The summed E-state index contributed by atoms with van der Waals surface area (Å²) < 4.78 is 5.32. The zero-order valence-electron chi connectivity index (χ0n) is 16.4. The lowest BCUT2D eigenvalue weighted by molar-refractivity contribution is -0.125. The van der Waals surface area contributed by atoms with E-state index in [0.29, 0.717) is 13.0 Å². The fourth-order valence-corrected chi connectivity index (χ4v) is 3.69. The summed E-state index contributed by atoms with van der Waals surface area (Å²) in [5.41, 5.74) is 3.23. The largest absolute Gasteiger partial charge is 0.379 e. The van der Waals surface area contributed by atoms with Crippen LogP contribution in [0.3, 0.4) is 0 Å². The lowest BCUT2D eigenvalue weighted by Gasteiger charge is -2.26. The molecule has 2 N–H and O–H groups in total. The van der Waals surface area contributed by atoms with Crippen LogP contribution >= 0.6 is 0 Å². The number of nitrogens with zero attached hydrogens (tertiary/aromatic N) is 1. The van der Waals surface area contributed by atoms with Gasteiger partial charge in [0.05, 0.1) is 25.0 Å². The van der Waals surface area contributed by atoms with Gasteiger partial charge >= 0.3 is 0 Å². The van der Waals surface area contributed by atoms with Gasteiger partial charge in [0.2, 0.25) is 11.8 Å². The molecule has 2 unspecified atom stereocenters. The highest BCUT2D eigenvalue weighted by Gasteiger charge is 2.48. The van der Waals surface area contributed by atoms with E-state index >= 15 is 0 Å². The van der Waals surface area contributed by atoms with Crippen LogP contribution in [-0.4, -0.2) is 56.1 Å². The summed E-state index contributed by atoms with van der Waals surface area (Å²) in [7, 11) is 0. The first-order valence-electron chi connectivity index (χ1n) is 10.1. The Kier molecular flexibility index (Phi) is 6.85. The smallest absolute Gasteiger partial charge is 0.228 e. The van der Waals surface area contributed by atoms with E-state index in [1.807, 2.05) is 6.07 Å². The van der Waals surface area contributed by atoms with Crippen LogP contribution in [-0.2, 0) is 27.2 Å². The molecule has 2 amide bonds. The molecule has 1 saturated carbocycles.